The van der Waals surface area contributed by atoms with Gasteiger partial charge in [-0.2, -0.15) is 0 Å². The Bertz CT molecular complexity index is 459. The maximum atomic E-state index is 13.0. The molecule has 1 aromatic carbocycles. The lowest BCUT2D eigenvalue weighted by atomic mass is 10.2. The van der Waals surface area contributed by atoms with Crippen LogP contribution in [-0.4, -0.2) is 32.1 Å². The molecule has 1 fully saturated rings. The van der Waals surface area contributed by atoms with E-state index in [4.69, 9.17) is 4.74 Å². The van der Waals surface area contributed by atoms with Gasteiger partial charge in [0.15, 0.2) is 0 Å². The maximum Gasteiger partial charge on any atom is 0.333 e. The maximum absolute atomic E-state index is 13.0. The predicted molar refractivity (Wildman–Crippen MR) is 56.3 cm³/mol. The summed E-state index contributed by atoms with van der Waals surface area (Å²) in [6.07, 6.45) is 0. The summed E-state index contributed by atoms with van der Waals surface area (Å²) < 4.78 is 22.4. The van der Waals surface area contributed by atoms with Crippen molar-refractivity contribution in [3.05, 3.63) is 24.0 Å². The Kier molecular flexibility index (Phi) is 2.95. The molecule has 0 saturated carbocycles. The van der Waals surface area contributed by atoms with Crippen molar-refractivity contribution >= 4 is 17.6 Å². The van der Waals surface area contributed by atoms with Gasteiger partial charge in [0.1, 0.15) is 24.7 Å². The summed E-state index contributed by atoms with van der Waals surface area (Å²) in [6, 6.07) is 3.89. The number of morpholine rings is 1. The van der Waals surface area contributed by atoms with E-state index in [2.05, 4.69) is 4.74 Å². The van der Waals surface area contributed by atoms with Crippen LogP contribution in [0.3, 0.4) is 0 Å². The standard InChI is InChI=1S/C11H10FNO4/c1-16-9-4-7(12)2-3-8(9)13-5-10(14)17-11(15)6-13/h2-4H,5-6H2,1H3. The number of cyclic esters (lactones) is 2. The third-order valence-corrected chi connectivity index (χ3v) is 2.35. The number of nitrogens with zero attached hydrogens (tertiary/aromatic N) is 1. The number of benzene rings is 1. The van der Waals surface area contributed by atoms with E-state index in [1.165, 1.54) is 30.2 Å². The van der Waals surface area contributed by atoms with Crippen LogP contribution in [0.4, 0.5) is 10.1 Å². The molecule has 1 saturated heterocycles. The summed E-state index contributed by atoms with van der Waals surface area (Å²) in [4.78, 5) is 23.7. The van der Waals surface area contributed by atoms with Crippen LogP contribution in [0.2, 0.25) is 0 Å². The highest BCUT2D eigenvalue weighted by atomic mass is 19.1. The van der Waals surface area contributed by atoms with E-state index >= 15 is 0 Å². The molecule has 0 spiro atoms. The number of hydrogen-bond donors (Lipinski definition) is 0. The summed E-state index contributed by atoms with van der Waals surface area (Å²) in [6.45, 7) is -0.124. The third-order valence-electron chi connectivity index (χ3n) is 2.35. The first-order valence-electron chi connectivity index (χ1n) is 4.92. The number of halogens is 1. The van der Waals surface area contributed by atoms with Gasteiger partial charge in [0.25, 0.3) is 0 Å². The van der Waals surface area contributed by atoms with Gasteiger partial charge in [-0.15, -0.1) is 0 Å². The summed E-state index contributed by atoms with van der Waals surface area (Å²) in [5, 5.41) is 0. The van der Waals surface area contributed by atoms with Crippen molar-refractivity contribution in [1.82, 2.24) is 0 Å². The molecule has 1 heterocycles. The average molecular weight is 239 g/mol. The highest BCUT2D eigenvalue weighted by Gasteiger charge is 2.26. The van der Waals surface area contributed by atoms with E-state index < -0.39 is 17.8 Å². The van der Waals surface area contributed by atoms with Crippen LogP contribution in [0.15, 0.2) is 18.2 Å². The molecule has 90 valence electrons. The van der Waals surface area contributed by atoms with Gasteiger partial charge in [-0.25, -0.2) is 14.0 Å². The Labute approximate surface area is 96.7 Å². The van der Waals surface area contributed by atoms with Crippen LogP contribution in [-0.2, 0) is 14.3 Å². The molecule has 0 radical (unpaired) electrons. The lowest BCUT2D eigenvalue weighted by Gasteiger charge is -2.27. The van der Waals surface area contributed by atoms with E-state index in [1.807, 2.05) is 0 Å². The third kappa shape index (κ3) is 2.35. The number of hydrogen-bond acceptors (Lipinski definition) is 5. The summed E-state index contributed by atoms with van der Waals surface area (Å²) in [5.74, 6) is -1.44. The molecular weight excluding hydrogens is 229 g/mol. The largest absolute Gasteiger partial charge is 0.494 e. The zero-order valence-electron chi connectivity index (χ0n) is 9.10. The normalized spacial score (nSPS) is 15.8. The lowest BCUT2D eigenvalue weighted by Crippen LogP contribution is -2.43. The molecule has 0 bridgehead atoms. The van der Waals surface area contributed by atoms with Gasteiger partial charge in [-0.05, 0) is 12.1 Å². The fourth-order valence-corrected chi connectivity index (χ4v) is 1.64. The Balaban J connectivity index is 2.32. The summed E-state index contributed by atoms with van der Waals surface area (Å²) in [5.41, 5.74) is 0.485. The second-order valence-corrected chi connectivity index (χ2v) is 3.52. The predicted octanol–water partition coefficient (Wildman–Crippen LogP) is 0.724. The first-order chi connectivity index (χ1) is 8.10. The molecule has 0 atom stereocenters. The quantitative estimate of drug-likeness (QED) is 0.562. The molecule has 1 aliphatic heterocycles. The minimum absolute atomic E-state index is 0.0618. The summed E-state index contributed by atoms with van der Waals surface area (Å²) in [7, 11) is 1.39. The molecule has 0 aliphatic carbocycles. The van der Waals surface area contributed by atoms with Gasteiger partial charge < -0.3 is 14.4 Å². The Hall–Kier alpha value is -2.11. The Morgan fingerprint density at radius 3 is 2.53 bits per heavy atom. The van der Waals surface area contributed by atoms with Crippen LogP contribution in [0.5, 0.6) is 5.75 Å². The van der Waals surface area contributed by atoms with Crippen LogP contribution in [0.1, 0.15) is 0 Å². The molecule has 0 aromatic heterocycles. The van der Waals surface area contributed by atoms with Crippen LogP contribution in [0.25, 0.3) is 0 Å². The van der Waals surface area contributed by atoms with E-state index in [-0.39, 0.29) is 18.8 Å². The molecule has 0 amide bonds. The second kappa shape index (κ2) is 4.40. The van der Waals surface area contributed by atoms with Gasteiger partial charge >= 0.3 is 11.9 Å². The van der Waals surface area contributed by atoms with Crippen molar-refractivity contribution in [1.29, 1.82) is 0 Å². The van der Waals surface area contributed by atoms with E-state index in [1.54, 1.807) is 0 Å². The van der Waals surface area contributed by atoms with E-state index in [0.29, 0.717) is 5.69 Å². The van der Waals surface area contributed by atoms with Crippen LogP contribution < -0.4 is 9.64 Å². The molecular formula is C11H10FNO4. The fourth-order valence-electron chi connectivity index (χ4n) is 1.64. The van der Waals surface area contributed by atoms with Gasteiger partial charge in [0, 0.05) is 6.07 Å². The second-order valence-electron chi connectivity index (χ2n) is 3.52. The number of anilines is 1. The zero-order chi connectivity index (χ0) is 12.4. The van der Waals surface area contributed by atoms with Gasteiger partial charge in [0.2, 0.25) is 0 Å². The van der Waals surface area contributed by atoms with Crippen molar-refractivity contribution < 1.29 is 23.5 Å². The van der Waals surface area contributed by atoms with E-state index in [0.717, 1.165) is 0 Å². The highest BCUT2D eigenvalue weighted by Crippen LogP contribution is 2.29. The number of rotatable bonds is 2. The molecule has 0 unspecified atom stereocenters. The molecule has 6 heteroatoms. The van der Waals surface area contributed by atoms with Crippen LogP contribution in [0, 0.1) is 5.82 Å². The van der Waals surface area contributed by atoms with E-state index in [9.17, 15) is 14.0 Å². The SMILES string of the molecule is COc1cc(F)ccc1N1CC(=O)OC(=O)C1. The molecule has 1 aromatic rings. The Morgan fingerprint density at radius 1 is 1.29 bits per heavy atom. The number of esters is 2. The number of methoxy groups -OCH3 is 1. The molecule has 2 rings (SSSR count). The summed E-state index contributed by atoms with van der Waals surface area (Å²) >= 11 is 0. The molecule has 0 N–H and O–H groups in total. The average Bonchev–Trinajstić information content (AvgIpc) is 2.27. The van der Waals surface area contributed by atoms with Crippen molar-refractivity contribution in [2.24, 2.45) is 0 Å². The first-order valence-corrected chi connectivity index (χ1v) is 4.92. The van der Waals surface area contributed by atoms with Crippen molar-refractivity contribution in [3.63, 3.8) is 0 Å². The van der Waals surface area contributed by atoms with Crippen molar-refractivity contribution in [3.8, 4) is 5.75 Å². The van der Waals surface area contributed by atoms with Gasteiger partial charge in [-0.1, -0.05) is 0 Å². The van der Waals surface area contributed by atoms with Gasteiger partial charge in [-0.3, -0.25) is 0 Å². The number of ether oxygens (including phenoxy) is 2. The minimum atomic E-state index is -0.632. The fraction of sp³-hybridized carbons (Fsp3) is 0.273. The molecule has 17 heavy (non-hydrogen) atoms. The smallest absolute Gasteiger partial charge is 0.333 e. The number of carbonyl (C=O) groups excluding carboxylic acids is 2. The van der Waals surface area contributed by atoms with Crippen LogP contribution >= 0.6 is 0 Å². The monoisotopic (exact) mass is 239 g/mol. The zero-order valence-corrected chi connectivity index (χ0v) is 9.10. The Morgan fingerprint density at radius 2 is 1.94 bits per heavy atom. The van der Waals surface area contributed by atoms with Gasteiger partial charge in [0.05, 0.1) is 12.8 Å². The molecule has 5 nitrogen and oxygen atoms in total. The lowest BCUT2D eigenvalue weighted by molar-refractivity contribution is -0.160. The van der Waals surface area contributed by atoms with Crippen molar-refractivity contribution in [2.75, 3.05) is 25.1 Å². The molecule has 1 aliphatic rings. The highest BCUT2D eigenvalue weighted by molar-refractivity contribution is 5.94. The number of carbonyl (C=O) groups is 2. The topological polar surface area (TPSA) is 55.8 Å². The van der Waals surface area contributed by atoms with Crippen molar-refractivity contribution in [2.45, 2.75) is 0 Å². The minimum Gasteiger partial charge on any atom is -0.494 e. The first kappa shape index (κ1) is 11.4.